The molecule has 1 unspecified atom stereocenters. The van der Waals surface area contributed by atoms with Crippen molar-refractivity contribution in [1.29, 1.82) is 0 Å². The van der Waals surface area contributed by atoms with Gasteiger partial charge in [0.1, 0.15) is 11.8 Å². The zero-order valence-corrected chi connectivity index (χ0v) is 8.04. The van der Waals surface area contributed by atoms with Crippen molar-refractivity contribution in [2.45, 2.75) is 12.5 Å². The van der Waals surface area contributed by atoms with Crippen LogP contribution < -0.4 is 0 Å². The number of furan rings is 1. The van der Waals surface area contributed by atoms with Gasteiger partial charge >= 0.3 is 5.97 Å². The highest BCUT2D eigenvalue weighted by atomic mass is 16.4. The first kappa shape index (κ1) is 9.58. The second-order valence-electron chi connectivity index (χ2n) is 3.26. The third kappa shape index (κ3) is 2.10. The molecule has 2 aromatic rings. The average molecular weight is 205 g/mol. The van der Waals surface area contributed by atoms with Crippen LogP contribution in [-0.4, -0.2) is 15.6 Å². The van der Waals surface area contributed by atoms with Crippen molar-refractivity contribution in [1.82, 2.24) is 4.57 Å². The Bertz CT molecular complexity index is 382. The van der Waals surface area contributed by atoms with Crippen molar-refractivity contribution in [2.24, 2.45) is 0 Å². The van der Waals surface area contributed by atoms with Gasteiger partial charge in [-0.25, -0.2) is 0 Å². The first-order valence-electron chi connectivity index (χ1n) is 4.65. The van der Waals surface area contributed by atoms with Gasteiger partial charge < -0.3 is 14.1 Å². The minimum absolute atomic E-state index is 0.0161. The lowest BCUT2D eigenvalue weighted by molar-refractivity contribution is -0.137. The van der Waals surface area contributed by atoms with Crippen LogP contribution >= 0.6 is 0 Å². The lowest BCUT2D eigenvalue weighted by Gasteiger charge is -2.14. The predicted molar refractivity (Wildman–Crippen MR) is 53.5 cm³/mol. The number of rotatable bonds is 4. The number of hydrogen-bond donors (Lipinski definition) is 1. The van der Waals surface area contributed by atoms with Gasteiger partial charge in [0.2, 0.25) is 0 Å². The minimum Gasteiger partial charge on any atom is -0.481 e. The number of aliphatic carboxylic acids is 1. The van der Waals surface area contributed by atoms with Gasteiger partial charge in [-0.05, 0) is 24.3 Å². The van der Waals surface area contributed by atoms with E-state index in [-0.39, 0.29) is 12.5 Å². The molecule has 1 atom stereocenters. The molecule has 2 heterocycles. The summed E-state index contributed by atoms with van der Waals surface area (Å²) in [6.07, 6.45) is 5.22. The van der Waals surface area contributed by atoms with Gasteiger partial charge in [0.15, 0.2) is 0 Å². The molecule has 2 rings (SSSR count). The molecule has 4 heteroatoms. The molecule has 0 saturated heterocycles. The maximum absolute atomic E-state index is 10.7. The Hall–Kier alpha value is -1.97. The Kier molecular flexibility index (Phi) is 2.58. The molecule has 0 spiro atoms. The van der Waals surface area contributed by atoms with Crippen LogP contribution in [0.2, 0.25) is 0 Å². The molecule has 15 heavy (non-hydrogen) atoms. The lowest BCUT2D eigenvalue weighted by Crippen LogP contribution is -2.12. The molecule has 0 aliphatic carbocycles. The van der Waals surface area contributed by atoms with E-state index in [1.807, 2.05) is 29.1 Å². The van der Waals surface area contributed by atoms with Gasteiger partial charge in [-0.15, -0.1) is 0 Å². The summed E-state index contributed by atoms with van der Waals surface area (Å²) in [7, 11) is 0. The van der Waals surface area contributed by atoms with Gasteiger partial charge in [-0.1, -0.05) is 0 Å². The summed E-state index contributed by atoms with van der Waals surface area (Å²) in [5, 5.41) is 8.83. The minimum atomic E-state index is -0.842. The molecule has 1 N–H and O–H groups in total. The maximum Gasteiger partial charge on any atom is 0.305 e. The lowest BCUT2D eigenvalue weighted by atomic mass is 10.1. The van der Waals surface area contributed by atoms with Crippen LogP contribution in [0.25, 0.3) is 0 Å². The van der Waals surface area contributed by atoms with Crippen LogP contribution in [0.5, 0.6) is 0 Å². The van der Waals surface area contributed by atoms with Crippen molar-refractivity contribution in [2.75, 3.05) is 0 Å². The van der Waals surface area contributed by atoms with Crippen molar-refractivity contribution >= 4 is 5.97 Å². The van der Waals surface area contributed by atoms with Crippen LogP contribution in [0.3, 0.4) is 0 Å². The Labute approximate surface area is 86.8 Å². The van der Waals surface area contributed by atoms with E-state index in [1.54, 1.807) is 18.4 Å². The quantitative estimate of drug-likeness (QED) is 0.831. The van der Waals surface area contributed by atoms with Crippen LogP contribution in [0.4, 0.5) is 0 Å². The zero-order chi connectivity index (χ0) is 10.7. The number of aromatic nitrogens is 1. The van der Waals surface area contributed by atoms with Gasteiger partial charge in [-0.2, -0.15) is 0 Å². The van der Waals surface area contributed by atoms with Crippen LogP contribution in [0.15, 0.2) is 47.3 Å². The van der Waals surface area contributed by atoms with Crippen LogP contribution in [0, 0.1) is 0 Å². The first-order valence-corrected chi connectivity index (χ1v) is 4.65. The van der Waals surface area contributed by atoms with Crippen LogP contribution in [0.1, 0.15) is 18.2 Å². The van der Waals surface area contributed by atoms with E-state index in [0.717, 1.165) is 0 Å². The van der Waals surface area contributed by atoms with Crippen molar-refractivity contribution < 1.29 is 14.3 Å². The third-order valence-corrected chi connectivity index (χ3v) is 2.23. The fraction of sp³-hybridized carbons (Fsp3) is 0.182. The van der Waals surface area contributed by atoms with Gasteiger partial charge in [0.05, 0.1) is 12.7 Å². The van der Waals surface area contributed by atoms with Gasteiger partial charge in [0.25, 0.3) is 0 Å². The van der Waals surface area contributed by atoms with Gasteiger partial charge in [0, 0.05) is 12.4 Å². The second kappa shape index (κ2) is 4.04. The monoisotopic (exact) mass is 205 g/mol. The standard InChI is InChI=1S/C11H11NO3/c13-11(14)8-9(10-4-3-7-15-10)12-5-1-2-6-12/h1-7,9H,8H2,(H,13,14). The number of carboxylic acid groups (broad SMARTS) is 1. The van der Waals surface area contributed by atoms with Crippen molar-refractivity contribution in [3.63, 3.8) is 0 Å². The van der Waals surface area contributed by atoms with Crippen LogP contribution in [-0.2, 0) is 4.79 Å². The first-order chi connectivity index (χ1) is 7.27. The Morgan fingerprint density at radius 1 is 1.40 bits per heavy atom. The molecular formula is C11H11NO3. The molecule has 0 aromatic carbocycles. The Morgan fingerprint density at radius 3 is 2.67 bits per heavy atom. The van der Waals surface area contributed by atoms with E-state index in [2.05, 4.69) is 0 Å². The fourth-order valence-electron chi connectivity index (χ4n) is 1.55. The summed E-state index contributed by atoms with van der Waals surface area (Å²) in [5.41, 5.74) is 0. The summed E-state index contributed by atoms with van der Waals surface area (Å²) in [6, 6.07) is 6.99. The smallest absolute Gasteiger partial charge is 0.305 e. The maximum atomic E-state index is 10.7. The van der Waals surface area contributed by atoms with E-state index in [1.165, 1.54) is 0 Å². The molecule has 0 bridgehead atoms. The van der Waals surface area contributed by atoms with E-state index >= 15 is 0 Å². The number of hydrogen-bond acceptors (Lipinski definition) is 2. The highest BCUT2D eigenvalue weighted by Gasteiger charge is 2.18. The van der Waals surface area contributed by atoms with E-state index < -0.39 is 5.97 Å². The zero-order valence-electron chi connectivity index (χ0n) is 8.04. The summed E-state index contributed by atoms with van der Waals surface area (Å²) >= 11 is 0. The molecule has 0 radical (unpaired) electrons. The summed E-state index contributed by atoms with van der Waals surface area (Å²) in [4.78, 5) is 10.7. The SMILES string of the molecule is O=C(O)CC(c1ccco1)n1cccc1. The molecule has 78 valence electrons. The average Bonchev–Trinajstić information content (AvgIpc) is 2.87. The molecule has 0 fully saturated rings. The Balaban J connectivity index is 2.29. The highest BCUT2D eigenvalue weighted by Crippen LogP contribution is 2.22. The second-order valence-corrected chi connectivity index (χ2v) is 3.26. The van der Waals surface area contributed by atoms with Crippen molar-refractivity contribution in [3.05, 3.63) is 48.7 Å². The molecular weight excluding hydrogens is 194 g/mol. The van der Waals surface area contributed by atoms with E-state index in [0.29, 0.717) is 5.76 Å². The van der Waals surface area contributed by atoms with E-state index in [4.69, 9.17) is 9.52 Å². The largest absolute Gasteiger partial charge is 0.481 e. The third-order valence-electron chi connectivity index (χ3n) is 2.23. The van der Waals surface area contributed by atoms with Crippen molar-refractivity contribution in [3.8, 4) is 0 Å². The number of carboxylic acids is 1. The topological polar surface area (TPSA) is 55.4 Å². The molecule has 0 aliphatic heterocycles. The Morgan fingerprint density at radius 2 is 2.13 bits per heavy atom. The molecule has 0 aliphatic rings. The number of carbonyl (C=O) groups is 1. The summed E-state index contributed by atoms with van der Waals surface area (Å²) in [6.45, 7) is 0. The molecule has 0 amide bonds. The molecule has 0 saturated carbocycles. The predicted octanol–water partition coefficient (Wildman–Crippen LogP) is 2.15. The van der Waals surface area contributed by atoms with E-state index in [9.17, 15) is 4.79 Å². The summed E-state index contributed by atoms with van der Waals surface area (Å²) < 4.78 is 7.06. The summed E-state index contributed by atoms with van der Waals surface area (Å²) in [5.74, 6) is -0.182. The normalized spacial score (nSPS) is 12.5. The molecule has 4 nitrogen and oxygen atoms in total. The molecule has 2 aromatic heterocycles. The number of nitrogens with zero attached hydrogens (tertiary/aromatic N) is 1. The fourth-order valence-corrected chi connectivity index (χ4v) is 1.55. The van der Waals surface area contributed by atoms with Gasteiger partial charge in [-0.3, -0.25) is 4.79 Å². The highest BCUT2D eigenvalue weighted by molar-refractivity contribution is 5.67.